The highest BCUT2D eigenvalue weighted by Crippen LogP contribution is 2.40. The molecule has 48 heavy (non-hydrogen) atoms. The number of nitrogens with two attached hydrogens (primary N) is 1. The zero-order chi connectivity index (χ0) is 35.0. The van der Waals surface area contributed by atoms with Gasteiger partial charge in [0.15, 0.2) is 5.96 Å². The number of nitrogens with zero attached hydrogens (tertiary/aromatic N) is 2. The number of para-hydroxylation sites is 1. The Morgan fingerprint density at radius 2 is 1.58 bits per heavy atom. The Bertz CT molecular complexity index is 1690. The van der Waals surface area contributed by atoms with Crippen molar-refractivity contribution in [3.63, 3.8) is 0 Å². The van der Waals surface area contributed by atoms with Crippen molar-refractivity contribution in [2.45, 2.75) is 44.4 Å². The molecule has 0 aromatic heterocycles. The van der Waals surface area contributed by atoms with Gasteiger partial charge in [0.2, 0.25) is 5.91 Å². The average Bonchev–Trinajstić information content (AvgIpc) is 3.13. The lowest BCUT2D eigenvalue weighted by Crippen LogP contribution is -2.46. The van der Waals surface area contributed by atoms with Crippen LogP contribution >= 0.6 is 0 Å². The number of aryl methyl sites for hydroxylation is 1. The van der Waals surface area contributed by atoms with Crippen LogP contribution in [-0.4, -0.2) is 65.8 Å². The van der Waals surface area contributed by atoms with E-state index in [4.69, 9.17) is 11.1 Å². The summed E-state index contributed by atoms with van der Waals surface area (Å²) in [5.41, 5.74) is 6.85. The summed E-state index contributed by atoms with van der Waals surface area (Å²) in [5.74, 6) is -6.05. The first-order valence-corrected chi connectivity index (χ1v) is 14.8. The van der Waals surface area contributed by atoms with Crippen molar-refractivity contribution >= 4 is 47.0 Å². The molecular weight excluding hydrogens is 633 g/mol. The van der Waals surface area contributed by atoms with E-state index in [-0.39, 0.29) is 49.0 Å². The minimum Gasteiger partial charge on any atom is -0.386 e. The van der Waals surface area contributed by atoms with Gasteiger partial charge >= 0.3 is 18.1 Å². The molecule has 1 aliphatic rings. The van der Waals surface area contributed by atoms with Crippen LogP contribution in [0.5, 0.6) is 0 Å². The second-order valence-electron chi connectivity index (χ2n) is 10.9. The Hall–Kier alpha value is -5.73. The van der Waals surface area contributed by atoms with Gasteiger partial charge in [0.05, 0.1) is 17.7 Å². The van der Waals surface area contributed by atoms with Gasteiger partial charge in [0.1, 0.15) is 6.04 Å². The normalized spacial score (nSPS) is 15.2. The van der Waals surface area contributed by atoms with Crippen LogP contribution in [0.15, 0.2) is 78.9 Å². The van der Waals surface area contributed by atoms with Crippen LogP contribution in [0, 0.1) is 5.41 Å². The molecule has 5 N–H and O–H groups in total. The third-order valence-corrected chi connectivity index (χ3v) is 7.41. The molecule has 0 spiro atoms. The molecule has 2 unspecified atom stereocenters. The number of benzene rings is 3. The lowest BCUT2D eigenvalue weighted by molar-refractivity contribution is -0.202. The molecule has 3 aromatic carbocycles. The Balaban J connectivity index is 1.74. The number of halogens is 3. The van der Waals surface area contributed by atoms with Crippen molar-refractivity contribution in [2.24, 2.45) is 5.73 Å². The maximum absolute atomic E-state index is 14.6. The van der Waals surface area contributed by atoms with E-state index in [0.717, 1.165) is 4.90 Å². The predicted molar refractivity (Wildman–Crippen MR) is 168 cm³/mol. The fourth-order valence-electron chi connectivity index (χ4n) is 5.25. The van der Waals surface area contributed by atoms with Gasteiger partial charge in [0.25, 0.3) is 11.8 Å². The number of amides is 3. The predicted octanol–water partition coefficient (Wildman–Crippen LogP) is 3.49. The molecule has 12 nitrogen and oxygen atoms in total. The minimum absolute atomic E-state index is 0.0419. The van der Waals surface area contributed by atoms with Gasteiger partial charge in [-0.3, -0.25) is 29.5 Å². The van der Waals surface area contributed by atoms with Crippen LogP contribution in [0.1, 0.15) is 47.3 Å². The molecule has 3 aromatic rings. The molecule has 0 radical (unpaired) electrons. The second-order valence-corrected chi connectivity index (χ2v) is 10.9. The van der Waals surface area contributed by atoms with Crippen molar-refractivity contribution in [3.05, 3.63) is 95.6 Å². The number of fused-ring (bicyclic) bond motifs is 1. The van der Waals surface area contributed by atoms with E-state index in [2.05, 4.69) is 15.4 Å². The van der Waals surface area contributed by atoms with Gasteiger partial charge in [0, 0.05) is 31.2 Å². The highest BCUT2D eigenvalue weighted by molar-refractivity contribution is 6.14. The van der Waals surface area contributed by atoms with Gasteiger partial charge < -0.3 is 26.0 Å². The smallest absolute Gasteiger partial charge is 0.386 e. The maximum atomic E-state index is 14.6. The summed E-state index contributed by atoms with van der Waals surface area (Å²) in [6.45, 7) is 1.85. The number of anilines is 2. The molecule has 4 rings (SSSR count). The Morgan fingerprint density at radius 1 is 0.958 bits per heavy atom. The number of alkyl halides is 3. The topological polar surface area (TPSA) is 175 Å². The number of ether oxygens (including phenoxy) is 1. The van der Waals surface area contributed by atoms with Gasteiger partial charge in [-0.25, -0.2) is 4.79 Å². The van der Waals surface area contributed by atoms with Crippen LogP contribution in [0.2, 0.25) is 0 Å². The van der Waals surface area contributed by atoms with Gasteiger partial charge in [-0.1, -0.05) is 54.6 Å². The van der Waals surface area contributed by atoms with Crippen LogP contribution in [0.3, 0.4) is 0 Å². The van der Waals surface area contributed by atoms with Crippen molar-refractivity contribution in [1.82, 2.24) is 15.5 Å². The molecule has 15 heteroatoms. The third-order valence-electron chi connectivity index (χ3n) is 7.41. The number of nitrogens with one attached hydrogen (secondary N) is 3. The van der Waals surface area contributed by atoms with E-state index < -0.39 is 48.4 Å². The second kappa shape index (κ2) is 15.2. The van der Waals surface area contributed by atoms with Crippen molar-refractivity contribution < 1.29 is 41.9 Å². The summed E-state index contributed by atoms with van der Waals surface area (Å²) < 4.78 is 42.4. The van der Waals surface area contributed by atoms with Crippen molar-refractivity contribution in [1.29, 1.82) is 5.41 Å². The summed E-state index contributed by atoms with van der Waals surface area (Å²) >= 11 is 0. The largest absolute Gasteiger partial charge is 0.491 e. The molecule has 2 atom stereocenters. The first-order valence-electron chi connectivity index (χ1n) is 14.8. The fraction of sp³-hybridized carbons (Fsp3) is 0.273. The number of carbonyl (C=O) groups is 5. The molecule has 0 aliphatic carbocycles. The number of guanidine groups is 1. The number of carbonyl (C=O) groups excluding carboxylic acids is 5. The first-order chi connectivity index (χ1) is 22.8. The van der Waals surface area contributed by atoms with Crippen molar-refractivity contribution in [2.75, 3.05) is 18.0 Å². The maximum Gasteiger partial charge on any atom is 0.491 e. The molecule has 0 saturated carbocycles. The lowest BCUT2D eigenvalue weighted by atomic mass is 10.00. The van der Waals surface area contributed by atoms with E-state index in [9.17, 15) is 37.1 Å². The summed E-state index contributed by atoms with van der Waals surface area (Å²) in [4.78, 5) is 67.8. The Kier molecular flexibility index (Phi) is 11.2. The summed E-state index contributed by atoms with van der Waals surface area (Å²) in [6, 6.07) is 18.9. The van der Waals surface area contributed by atoms with E-state index in [1.165, 1.54) is 17.9 Å². The molecular formula is C33H33F3N6O6. The van der Waals surface area contributed by atoms with Gasteiger partial charge in [-0.15, -0.1) is 0 Å². The molecule has 1 heterocycles. The highest BCUT2D eigenvalue weighted by atomic mass is 19.4. The summed E-state index contributed by atoms with van der Waals surface area (Å²) in [6.07, 6.45) is -5.99. The van der Waals surface area contributed by atoms with Gasteiger partial charge in [-0.05, 0) is 48.7 Å². The zero-order valence-corrected chi connectivity index (χ0v) is 25.8. The summed E-state index contributed by atoms with van der Waals surface area (Å²) in [5, 5.41) is 12.4. The van der Waals surface area contributed by atoms with E-state index >= 15 is 0 Å². The molecule has 3 amide bonds. The molecule has 0 fully saturated rings. The number of esters is 2. The van der Waals surface area contributed by atoms with Crippen LogP contribution in [0.4, 0.5) is 24.5 Å². The number of hydrogen-bond donors (Lipinski definition) is 4. The summed E-state index contributed by atoms with van der Waals surface area (Å²) in [7, 11) is 0. The minimum atomic E-state index is -5.41. The van der Waals surface area contributed by atoms with E-state index in [1.807, 2.05) is 0 Å². The Morgan fingerprint density at radius 3 is 2.21 bits per heavy atom. The molecule has 0 saturated heterocycles. The molecule has 0 bridgehead atoms. The average molecular weight is 667 g/mol. The van der Waals surface area contributed by atoms with Crippen molar-refractivity contribution in [3.8, 4) is 0 Å². The SMILES string of the molecule is CC(CC(=O)OC(=O)C(F)(F)F)N1C(=O)c2cc(CCC(=O)NCCNC(=N)N)ccc2N(c2ccccc2)C(=O)C1c1ccccc1. The zero-order valence-electron chi connectivity index (χ0n) is 25.8. The third kappa shape index (κ3) is 8.54. The van der Waals surface area contributed by atoms with Gasteiger partial charge in [-0.2, -0.15) is 13.2 Å². The van der Waals surface area contributed by atoms with Crippen LogP contribution in [0.25, 0.3) is 0 Å². The number of rotatable bonds is 11. The Labute approximate surface area is 273 Å². The lowest BCUT2D eigenvalue weighted by Gasteiger charge is -2.35. The van der Waals surface area contributed by atoms with E-state index in [1.54, 1.807) is 72.8 Å². The number of hydrogen-bond acceptors (Lipinski definition) is 7. The van der Waals surface area contributed by atoms with E-state index in [0.29, 0.717) is 16.8 Å². The van der Waals surface area contributed by atoms with Crippen LogP contribution < -0.4 is 21.3 Å². The highest BCUT2D eigenvalue weighted by Gasteiger charge is 2.45. The van der Waals surface area contributed by atoms with Crippen LogP contribution in [-0.2, 0) is 30.3 Å². The molecule has 1 aliphatic heterocycles. The quantitative estimate of drug-likeness (QED) is 0.0791. The fourth-order valence-corrected chi connectivity index (χ4v) is 5.25. The standard InChI is InChI=1S/C33H33F3N6O6/c1-20(18-27(44)48-31(47)33(34,35)36)41-28(22-8-4-2-5-9-22)30(46)42(23-10-6-3-7-11-23)25-14-12-21(19-24(25)29(41)45)13-15-26(43)39-16-17-40-32(37)38/h2-12,14,19-20,28H,13,15-18H2,1H3,(H,39,43)(H4,37,38,40). The monoisotopic (exact) mass is 666 g/mol. The molecule has 252 valence electrons. The first kappa shape index (κ1) is 35.1.